The number of hydrogen-bond acceptors (Lipinski definition) is 7. The van der Waals surface area contributed by atoms with E-state index in [1.54, 1.807) is 0 Å². The predicted octanol–water partition coefficient (Wildman–Crippen LogP) is 5.72. The second-order valence-electron chi connectivity index (χ2n) is 8.05. The highest BCUT2D eigenvalue weighted by Gasteiger charge is 2.19. The number of thiazole rings is 1. The number of aromatic nitrogens is 2. The Hall–Kier alpha value is -2.89. The van der Waals surface area contributed by atoms with E-state index in [9.17, 15) is 10.1 Å². The summed E-state index contributed by atoms with van der Waals surface area (Å²) in [5.74, 6) is 1.92. The highest BCUT2D eigenvalue weighted by atomic mass is 32.2. The Balaban J connectivity index is 1.31. The maximum atomic E-state index is 12.4. The van der Waals surface area contributed by atoms with Crippen LogP contribution in [-0.2, 0) is 17.6 Å². The number of hydrogen-bond donors (Lipinski definition) is 1. The zero-order valence-corrected chi connectivity index (χ0v) is 20.4. The molecular formula is C25H26N4O2S2. The molecule has 1 unspecified atom stereocenters. The summed E-state index contributed by atoms with van der Waals surface area (Å²) in [5, 5.41) is 15.6. The van der Waals surface area contributed by atoms with E-state index >= 15 is 0 Å². The number of ether oxygens (including phenoxy) is 1. The molecule has 1 aliphatic rings. The molecule has 0 radical (unpaired) electrons. The first kappa shape index (κ1) is 23.3. The zero-order valence-electron chi connectivity index (χ0n) is 18.8. The van der Waals surface area contributed by atoms with Gasteiger partial charge >= 0.3 is 0 Å². The minimum Gasteiger partial charge on any atom is -0.494 e. The number of nitriles is 1. The Morgan fingerprint density at radius 1 is 1.33 bits per heavy atom. The predicted molar refractivity (Wildman–Crippen MR) is 133 cm³/mol. The SMILES string of the molecule is CCOc1ccc(-c2csc(NC(=O)CCSc3nc4c(cc3C#N)CC(C)CC4)n2)cc1. The van der Waals surface area contributed by atoms with Gasteiger partial charge in [-0.15, -0.1) is 23.1 Å². The van der Waals surface area contributed by atoms with Gasteiger partial charge in [0.05, 0.1) is 17.9 Å². The van der Waals surface area contributed by atoms with E-state index in [2.05, 4.69) is 23.3 Å². The first-order chi connectivity index (χ1) is 16.1. The van der Waals surface area contributed by atoms with Crippen molar-refractivity contribution in [2.24, 2.45) is 5.92 Å². The van der Waals surface area contributed by atoms with Crippen LogP contribution >= 0.6 is 23.1 Å². The average molecular weight is 479 g/mol. The van der Waals surface area contributed by atoms with Crippen LogP contribution < -0.4 is 10.1 Å². The molecule has 0 fully saturated rings. The summed E-state index contributed by atoms with van der Waals surface area (Å²) in [6, 6.07) is 12.0. The lowest BCUT2D eigenvalue weighted by atomic mass is 9.87. The van der Waals surface area contributed by atoms with E-state index in [4.69, 9.17) is 9.72 Å². The second kappa shape index (κ2) is 10.8. The van der Waals surface area contributed by atoms with Crippen molar-refractivity contribution in [2.75, 3.05) is 17.7 Å². The van der Waals surface area contributed by atoms with Gasteiger partial charge in [-0.3, -0.25) is 4.79 Å². The van der Waals surface area contributed by atoms with E-state index in [1.165, 1.54) is 28.7 Å². The largest absolute Gasteiger partial charge is 0.494 e. The molecule has 1 aromatic carbocycles. The van der Waals surface area contributed by atoms with Gasteiger partial charge in [0.2, 0.25) is 5.91 Å². The molecule has 0 saturated carbocycles. The third-order valence-electron chi connectivity index (χ3n) is 5.50. The van der Waals surface area contributed by atoms with E-state index < -0.39 is 0 Å². The monoisotopic (exact) mass is 478 g/mol. The quantitative estimate of drug-likeness (QED) is 0.417. The number of thioether (sulfide) groups is 1. The normalized spacial score (nSPS) is 14.9. The standard InChI is InChI=1S/C25H26N4O2S2/c1-3-31-20-7-5-17(6-8-20)22-15-33-25(28-22)29-23(30)10-11-32-24-19(14-26)13-18-12-16(2)4-9-21(18)27-24/h5-8,13,15-16H,3-4,9-12H2,1-2H3,(H,28,29,30). The van der Waals surface area contributed by atoms with Crippen molar-refractivity contribution in [2.45, 2.75) is 44.6 Å². The lowest BCUT2D eigenvalue weighted by molar-refractivity contribution is -0.115. The first-order valence-corrected chi connectivity index (χ1v) is 13.0. The van der Waals surface area contributed by atoms with Crippen molar-refractivity contribution >= 4 is 34.1 Å². The third kappa shape index (κ3) is 5.92. The highest BCUT2D eigenvalue weighted by Crippen LogP contribution is 2.30. The number of fused-ring (bicyclic) bond motifs is 1. The number of pyridine rings is 1. The Morgan fingerprint density at radius 2 is 2.15 bits per heavy atom. The van der Waals surface area contributed by atoms with Crippen molar-refractivity contribution in [1.82, 2.24) is 9.97 Å². The number of carbonyl (C=O) groups is 1. The van der Waals surface area contributed by atoms with Crippen LogP contribution in [0.4, 0.5) is 5.13 Å². The zero-order chi connectivity index (χ0) is 23.2. The molecule has 6 nitrogen and oxygen atoms in total. The highest BCUT2D eigenvalue weighted by molar-refractivity contribution is 7.99. The molecular weight excluding hydrogens is 452 g/mol. The van der Waals surface area contributed by atoms with Gasteiger partial charge in [0.25, 0.3) is 0 Å². The van der Waals surface area contributed by atoms with Crippen molar-refractivity contribution in [3.8, 4) is 23.1 Å². The van der Waals surface area contributed by atoms with Crippen molar-refractivity contribution in [1.29, 1.82) is 5.26 Å². The molecule has 170 valence electrons. The molecule has 8 heteroatoms. The van der Waals surface area contributed by atoms with Crippen LogP contribution in [0.5, 0.6) is 5.75 Å². The molecule has 1 N–H and O–H groups in total. The first-order valence-electron chi connectivity index (χ1n) is 11.1. The van der Waals surface area contributed by atoms with Crippen LogP contribution in [-0.4, -0.2) is 28.2 Å². The molecule has 0 aliphatic heterocycles. The number of nitrogens with zero attached hydrogens (tertiary/aromatic N) is 3. The molecule has 2 aromatic heterocycles. The van der Waals surface area contributed by atoms with Crippen molar-refractivity contribution in [3.63, 3.8) is 0 Å². The number of amides is 1. The Bertz CT molecular complexity index is 1170. The van der Waals surface area contributed by atoms with Gasteiger partial charge in [-0.2, -0.15) is 5.26 Å². The summed E-state index contributed by atoms with van der Waals surface area (Å²) < 4.78 is 5.47. The van der Waals surface area contributed by atoms with Gasteiger partial charge in [-0.05, 0) is 68.0 Å². The van der Waals surface area contributed by atoms with Crippen LogP contribution in [0.15, 0.2) is 40.7 Å². The average Bonchev–Trinajstić information content (AvgIpc) is 3.27. The van der Waals surface area contributed by atoms with Crippen molar-refractivity contribution < 1.29 is 9.53 Å². The summed E-state index contributed by atoms with van der Waals surface area (Å²) >= 11 is 2.87. The fourth-order valence-corrected chi connectivity index (χ4v) is 5.44. The Labute approximate surface area is 202 Å². The summed E-state index contributed by atoms with van der Waals surface area (Å²) in [7, 11) is 0. The molecule has 33 heavy (non-hydrogen) atoms. The molecule has 0 saturated heterocycles. The van der Waals surface area contributed by atoms with Crippen molar-refractivity contribution in [3.05, 3.63) is 52.5 Å². The Morgan fingerprint density at radius 3 is 2.91 bits per heavy atom. The summed E-state index contributed by atoms with van der Waals surface area (Å²) in [6.45, 7) is 4.82. The number of carbonyl (C=O) groups excluding carboxylic acids is 1. The smallest absolute Gasteiger partial charge is 0.226 e. The van der Waals surface area contributed by atoms with Crippen LogP contribution in [0.25, 0.3) is 11.3 Å². The minimum atomic E-state index is -0.0969. The molecule has 2 heterocycles. The number of aryl methyl sites for hydroxylation is 1. The van der Waals surface area contributed by atoms with E-state index in [1.807, 2.05) is 42.6 Å². The number of benzene rings is 1. The Kier molecular flexibility index (Phi) is 7.63. The topological polar surface area (TPSA) is 87.9 Å². The van der Waals surface area contributed by atoms with Gasteiger partial charge < -0.3 is 10.1 Å². The maximum Gasteiger partial charge on any atom is 0.226 e. The lowest BCUT2D eigenvalue weighted by Crippen LogP contribution is -2.14. The fourth-order valence-electron chi connectivity index (χ4n) is 3.79. The molecule has 0 spiro atoms. The molecule has 1 atom stereocenters. The van der Waals surface area contributed by atoms with Gasteiger partial charge in [0, 0.05) is 28.8 Å². The summed E-state index contributed by atoms with van der Waals surface area (Å²) in [4.78, 5) is 21.7. The molecule has 1 amide bonds. The van der Waals surface area contributed by atoms with Gasteiger partial charge in [-0.25, -0.2) is 9.97 Å². The van der Waals surface area contributed by atoms with E-state index in [0.29, 0.717) is 35.4 Å². The lowest BCUT2D eigenvalue weighted by Gasteiger charge is -2.21. The van der Waals surface area contributed by atoms with Crippen LogP contribution in [0.2, 0.25) is 0 Å². The van der Waals surface area contributed by atoms with Crippen LogP contribution in [0.1, 0.15) is 43.5 Å². The molecule has 4 rings (SSSR count). The van der Waals surface area contributed by atoms with Gasteiger partial charge in [-0.1, -0.05) is 6.92 Å². The second-order valence-corrected chi connectivity index (χ2v) is 9.99. The number of nitrogens with one attached hydrogen (secondary N) is 1. The molecule has 0 bridgehead atoms. The van der Waals surface area contributed by atoms with Gasteiger partial charge in [0.15, 0.2) is 5.13 Å². The third-order valence-corrected chi connectivity index (χ3v) is 7.25. The molecule has 1 aliphatic carbocycles. The summed E-state index contributed by atoms with van der Waals surface area (Å²) in [5.41, 5.74) is 4.69. The molecule has 3 aromatic rings. The van der Waals surface area contributed by atoms with Crippen LogP contribution in [0, 0.1) is 17.2 Å². The minimum absolute atomic E-state index is 0.0969. The number of rotatable bonds is 8. The number of anilines is 1. The maximum absolute atomic E-state index is 12.4. The van der Waals surface area contributed by atoms with Crippen LogP contribution in [0.3, 0.4) is 0 Å². The fraction of sp³-hybridized carbons (Fsp3) is 0.360. The van der Waals surface area contributed by atoms with Gasteiger partial charge in [0.1, 0.15) is 16.8 Å². The van der Waals surface area contributed by atoms with E-state index in [-0.39, 0.29) is 5.91 Å². The van der Waals surface area contributed by atoms with E-state index in [0.717, 1.165) is 47.0 Å². The summed E-state index contributed by atoms with van der Waals surface area (Å²) in [6.07, 6.45) is 3.39.